The van der Waals surface area contributed by atoms with E-state index in [1.54, 1.807) is 0 Å². The highest BCUT2D eigenvalue weighted by molar-refractivity contribution is 14.0. The van der Waals surface area contributed by atoms with Crippen LogP contribution in [0.4, 0.5) is 0 Å². The first kappa shape index (κ1) is 19.0. The molecule has 5 heteroatoms. The molecular weight excluding hydrogens is 353 g/mol. The second kappa shape index (κ2) is 9.80. The zero-order chi connectivity index (χ0) is 13.4. The van der Waals surface area contributed by atoms with Gasteiger partial charge in [0.15, 0.2) is 5.96 Å². The molecule has 114 valence electrons. The fourth-order valence-corrected chi connectivity index (χ4v) is 2.24. The van der Waals surface area contributed by atoms with Gasteiger partial charge < -0.3 is 15.7 Å². The largest absolute Gasteiger partial charge is 0.388 e. The molecule has 1 rings (SSSR count). The molecule has 1 saturated carbocycles. The molecule has 0 aromatic rings. The molecule has 0 heterocycles. The molecule has 1 fully saturated rings. The molecule has 19 heavy (non-hydrogen) atoms. The van der Waals surface area contributed by atoms with Crippen LogP contribution in [-0.4, -0.2) is 36.3 Å². The Balaban J connectivity index is 0.00000324. The van der Waals surface area contributed by atoms with Gasteiger partial charge in [-0.1, -0.05) is 33.1 Å². The summed E-state index contributed by atoms with van der Waals surface area (Å²) in [5.41, 5.74) is -0.571. The van der Waals surface area contributed by atoms with Crippen LogP contribution in [0.1, 0.15) is 52.9 Å². The Labute approximate surface area is 134 Å². The summed E-state index contributed by atoms with van der Waals surface area (Å²) in [6, 6.07) is 0. The number of aliphatic imine (C=N–C) groups is 1. The quantitative estimate of drug-likeness (QED) is 0.389. The first-order valence-corrected chi connectivity index (χ1v) is 7.30. The van der Waals surface area contributed by atoms with Crippen molar-refractivity contribution in [2.45, 2.75) is 58.5 Å². The van der Waals surface area contributed by atoms with Crippen LogP contribution in [0.15, 0.2) is 4.99 Å². The van der Waals surface area contributed by atoms with E-state index in [0.29, 0.717) is 12.5 Å². The first-order chi connectivity index (χ1) is 8.56. The Bertz CT molecular complexity index is 263. The lowest BCUT2D eigenvalue weighted by Gasteiger charge is -2.30. The molecule has 0 radical (unpaired) electrons. The van der Waals surface area contributed by atoms with Gasteiger partial charge in [-0.25, -0.2) is 0 Å². The van der Waals surface area contributed by atoms with Gasteiger partial charge in [0.2, 0.25) is 0 Å². The van der Waals surface area contributed by atoms with E-state index in [1.165, 1.54) is 6.42 Å². The number of hydrogen-bond donors (Lipinski definition) is 3. The minimum absolute atomic E-state index is 0. The predicted octanol–water partition coefficient (Wildman–Crippen LogP) is 2.51. The lowest BCUT2D eigenvalue weighted by Crippen LogP contribution is -2.41. The van der Waals surface area contributed by atoms with Gasteiger partial charge >= 0.3 is 0 Å². The second-order valence-electron chi connectivity index (χ2n) is 5.75. The SMILES string of the molecule is CCNC(=NCC1(O)CCCCC1)NCC(C)C.I. The minimum atomic E-state index is -0.571. The lowest BCUT2D eigenvalue weighted by atomic mass is 9.85. The maximum Gasteiger partial charge on any atom is 0.191 e. The monoisotopic (exact) mass is 383 g/mol. The Hall–Kier alpha value is -0.0400. The van der Waals surface area contributed by atoms with Gasteiger partial charge in [0, 0.05) is 13.1 Å². The molecule has 0 aromatic carbocycles. The Kier molecular flexibility index (Phi) is 9.78. The molecule has 1 aliphatic carbocycles. The summed E-state index contributed by atoms with van der Waals surface area (Å²) < 4.78 is 0. The van der Waals surface area contributed by atoms with Crippen LogP contribution in [0.2, 0.25) is 0 Å². The highest BCUT2D eigenvalue weighted by Crippen LogP contribution is 2.28. The Morgan fingerprint density at radius 2 is 1.84 bits per heavy atom. The third kappa shape index (κ3) is 7.97. The third-order valence-corrected chi connectivity index (χ3v) is 3.34. The number of hydrogen-bond acceptors (Lipinski definition) is 2. The average Bonchev–Trinajstić information content (AvgIpc) is 2.33. The smallest absolute Gasteiger partial charge is 0.191 e. The van der Waals surface area contributed by atoms with E-state index < -0.39 is 5.60 Å². The van der Waals surface area contributed by atoms with Crippen molar-refractivity contribution < 1.29 is 5.11 Å². The molecule has 0 aliphatic heterocycles. The topological polar surface area (TPSA) is 56.7 Å². The van der Waals surface area contributed by atoms with Crippen LogP contribution in [0.3, 0.4) is 0 Å². The fraction of sp³-hybridized carbons (Fsp3) is 0.929. The second-order valence-corrected chi connectivity index (χ2v) is 5.75. The van der Waals surface area contributed by atoms with Crippen molar-refractivity contribution in [1.29, 1.82) is 0 Å². The van der Waals surface area contributed by atoms with Crippen LogP contribution in [0.5, 0.6) is 0 Å². The van der Waals surface area contributed by atoms with Crippen molar-refractivity contribution >= 4 is 29.9 Å². The zero-order valence-electron chi connectivity index (χ0n) is 12.5. The van der Waals surface area contributed by atoms with Gasteiger partial charge in [-0.2, -0.15) is 0 Å². The van der Waals surface area contributed by atoms with Crippen molar-refractivity contribution in [3.63, 3.8) is 0 Å². The van der Waals surface area contributed by atoms with Crippen molar-refractivity contribution in [3.8, 4) is 0 Å². The van der Waals surface area contributed by atoms with Crippen LogP contribution in [0.25, 0.3) is 0 Å². The van der Waals surface area contributed by atoms with E-state index in [0.717, 1.165) is 44.7 Å². The van der Waals surface area contributed by atoms with Crippen molar-refractivity contribution in [1.82, 2.24) is 10.6 Å². The van der Waals surface area contributed by atoms with Crippen molar-refractivity contribution in [2.75, 3.05) is 19.6 Å². The van der Waals surface area contributed by atoms with E-state index >= 15 is 0 Å². The number of guanidine groups is 1. The zero-order valence-corrected chi connectivity index (χ0v) is 14.9. The van der Waals surface area contributed by atoms with E-state index in [4.69, 9.17) is 0 Å². The van der Waals surface area contributed by atoms with Gasteiger partial charge in [-0.05, 0) is 25.7 Å². The molecule has 0 atom stereocenters. The van der Waals surface area contributed by atoms with Crippen LogP contribution in [0, 0.1) is 5.92 Å². The summed E-state index contributed by atoms with van der Waals surface area (Å²) in [5.74, 6) is 1.41. The fourth-order valence-electron chi connectivity index (χ4n) is 2.24. The first-order valence-electron chi connectivity index (χ1n) is 7.30. The van der Waals surface area contributed by atoms with E-state index in [9.17, 15) is 5.11 Å². The number of aliphatic hydroxyl groups is 1. The number of nitrogens with zero attached hydrogens (tertiary/aromatic N) is 1. The minimum Gasteiger partial charge on any atom is -0.388 e. The van der Waals surface area contributed by atoms with E-state index in [-0.39, 0.29) is 24.0 Å². The molecule has 0 aromatic heterocycles. The molecule has 1 aliphatic rings. The summed E-state index contributed by atoms with van der Waals surface area (Å²) in [4.78, 5) is 4.53. The molecule has 0 bridgehead atoms. The number of rotatable bonds is 5. The summed E-state index contributed by atoms with van der Waals surface area (Å²) >= 11 is 0. The van der Waals surface area contributed by atoms with Gasteiger partial charge in [-0.15, -0.1) is 24.0 Å². The summed E-state index contributed by atoms with van der Waals surface area (Å²) in [5, 5.41) is 16.9. The third-order valence-electron chi connectivity index (χ3n) is 3.34. The van der Waals surface area contributed by atoms with Gasteiger partial charge in [-0.3, -0.25) is 4.99 Å². The van der Waals surface area contributed by atoms with Gasteiger partial charge in [0.05, 0.1) is 12.1 Å². The highest BCUT2D eigenvalue weighted by Gasteiger charge is 2.28. The molecule has 0 unspecified atom stereocenters. The summed E-state index contributed by atoms with van der Waals surface area (Å²) in [7, 11) is 0. The normalized spacial score (nSPS) is 18.9. The summed E-state index contributed by atoms with van der Waals surface area (Å²) in [6.07, 6.45) is 5.28. The highest BCUT2D eigenvalue weighted by atomic mass is 127. The average molecular weight is 383 g/mol. The molecule has 0 spiro atoms. The van der Waals surface area contributed by atoms with Gasteiger partial charge in [0.1, 0.15) is 0 Å². The van der Waals surface area contributed by atoms with Crippen LogP contribution < -0.4 is 10.6 Å². The van der Waals surface area contributed by atoms with Gasteiger partial charge in [0.25, 0.3) is 0 Å². The maximum absolute atomic E-state index is 10.4. The molecule has 3 N–H and O–H groups in total. The van der Waals surface area contributed by atoms with E-state index in [2.05, 4.69) is 36.4 Å². The van der Waals surface area contributed by atoms with Crippen molar-refractivity contribution in [2.24, 2.45) is 10.9 Å². The maximum atomic E-state index is 10.4. The van der Waals surface area contributed by atoms with E-state index in [1.807, 2.05) is 0 Å². The number of halogens is 1. The summed E-state index contributed by atoms with van der Waals surface area (Å²) in [6.45, 7) is 8.67. The predicted molar refractivity (Wildman–Crippen MR) is 92.3 cm³/mol. The van der Waals surface area contributed by atoms with Crippen molar-refractivity contribution in [3.05, 3.63) is 0 Å². The van der Waals surface area contributed by atoms with Crippen LogP contribution in [-0.2, 0) is 0 Å². The number of nitrogens with one attached hydrogen (secondary N) is 2. The van der Waals surface area contributed by atoms with Crippen LogP contribution >= 0.6 is 24.0 Å². The molecule has 4 nitrogen and oxygen atoms in total. The Morgan fingerprint density at radius 3 is 2.37 bits per heavy atom. The molecule has 0 saturated heterocycles. The molecule has 0 amide bonds. The Morgan fingerprint density at radius 1 is 1.21 bits per heavy atom. The molecular formula is C14H30IN3O. The lowest BCUT2D eigenvalue weighted by molar-refractivity contribution is 0.0131. The standard InChI is InChI=1S/C14H29N3O.HI/c1-4-15-13(16-10-12(2)3)17-11-14(18)8-6-5-7-9-14;/h12,18H,4-11H2,1-3H3,(H2,15,16,17);1H.